The van der Waals surface area contributed by atoms with Gasteiger partial charge in [-0.25, -0.2) is 0 Å². The minimum Gasteiger partial charge on any atom is -0.504 e. The van der Waals surface area contributed by atoms with Crippen LogP contribution in [0, 0.1) is 5.92 Å². The van der Waals surface area contributed by atoms with Gasteiger partial charge in [0.15, 0.2) is 11.5 Å². The Hall–Kier alpha value is -2.53. The number of carbonyl (C=O) groups is 1. The maximum atomic E-state index is 13.0. The Kier molecular flexibility index (Phi) is 5.53. The highest BCUT2D eigenvalue weighted by Gasteiger charge is 2.30. The van der Waals surface area contributed by atoms with Crippen LogP contribution in [0.1, 0.15) is 29.5 Å². The average molecular weight is 380 g/mol. The molecule has 0 bridgehead atoms. The van der Waals surface area contributed by atoms with E-state index < -0.39 is 0 Å². The Balaban J connectivity index is 1.33. The number of rotatable bonds is 4. The number of amides is 1. The minimum absolute atomic E-state index is 0.111. The fourth-order valence-corrected chi connectivity index (χ4v) is 4.38. The molecule has 4 rings (SSSR count). The molecule has 148 valence electrons. The molecule has 28 heavy (non-hydrogen) atoms. The molecule has 5 heteroatoms. The third-order valence-corrected chi connectivity index (χ3v) is 6.08. The van der Waals surface area contributed by atoms with Gasteiger partial charge in [-0.3, -0.25) is 9.69 Å². The Morgan fingerprint density at radius 3 is 2.57 bits per heavy atom. The number of phenolic OH excluding ortho intramolecular Hbond substituents is 1. The molecule has 1 fully saturated rings. The van der Waals surface area contributed by atoms with Gasteiger partial charge < -0.3 is 14.7 Å². The first-order chi connectivity index (χ1) is 13.7. The Morgan fingerprint density at radius 2 is 1.82 bits per heavy atom. The van der Waals surface area contributed by atoms with Gasteiger partial charge in [0.25, 0.3) is 0 Å². The van der Waals surface area contributed by atoms with Gasteiger partial charge in [-0.2, -0.15) is 0 Å². The summed E-state index contributed by atoms with van der Waals surface area (Å²) in [4.78, 5) is 17.4. The van der Waals surface area contributed by atoms with E-state index in [-0.39, 0.29) is 11.7 Å². The first-order valence-electron chi connectivity index (χ1n) is 10.1. The smallest absolute Gasteiger partial charge is 0.226 e. The molecule has 0 saturated carbocycles. The number of nitrogens with zero attached hydrogens (tertiary/aromatic N) is 2. The van der Waals surface area contributed by atoms with Crippen molar-refractivity contribution in [2.24, 2.45) is 5.92 Å². The molecule has 2 heterocycles. The summed E-state index contributed by atoms with van der Waals surface area (Å²) in [6.45, 7) is 4.00. The van der Waals surface area contributed by atoms with Gasteiger partial charge in [-0.05, 0) is 49.5 Å². The van der Waals surface area contributed by atoms with Gasteiger partial charge in [0.1, 0.15) is 0 Å². The average Bonchev–Trinajstić information content (AvgIpc) is 2.75. The molecule has 0 unspecified atom stereocenters. The van der Waals surface area contributed by atoms with E-state index in [1.165, 1.54) is 11.1 Å². The lowest BCUT2D eigenvalue weighted by atomic mass is 9.93. The number of phenols is 1. The number of likely N-dealkylation sites (tertiary alicyclic amines) is 1. The summed E-state index contributed by atoms with van der Waals surface area (Å²) in [6.07, 6.45) is 2.71. The van der Waals surface area contributed by atoms with E-state index in [1.807, 2.05) is 17.0 Å². The molecule has 2 aliphatic rings. The van der Waals surface area contributed by atoms with Crippen LogP contribution in [0.5, 0.6) is 11.5 Å². The van der Waals surface area contributed by atoms with E-state index in [0.29, 0.717) is 18.2 Å². The van der Waals surface area contributed by atoms with E-state index in [1.54, 1.807) is 13.2 Å². The van der Waals surface area contributed by atoms with Crippen LogP contribution in [-0.2, 0) is 24.3 Å². The molecule has 1 saturated heterocycles. The summed E-state index contributed by atoms with van der Waals surface area (Å²) in [5, 5.41) is 10.3. The lowest BCUT2D eigenvalue weighted by molar-refractivity contribution is -0.138. The molecule has 0 atom stereocenters. The van der Waals surface area contributed by atoms with E-state index in [0.717, 1.165) is 51.0 Å². The predicted molar refractivity (Wildman–Crippen MR) is 108 cm³/mol. The second kappa shape index (κ2) is 8.23. The van der Waals surface area contributed by atoms with Crippen molar-refractivity contribution >= 4 is 5.91 Å². The van der Waals surface area contributed by atoms with Crippen molar-refractivity contribution in [3.05, 3.63) is 59.2 Å². The third-order valence-electron chi connectivity index (χ3n) is 6.08. The number of carbonyl (C=O) groups excluding carboxylic acids is 1. The zero-order valence-corrected chi connectivity index (χ0v) is 16.4. The summed E-state index contributed by atoms with van der Waals surface area (Å²) in [6, 6.07) is 14.0. The molecule has 1 amide bonds. The number of fused-ring (bicyclic) bond motifs is 1. The molecule has 5 nitrogen and oxygen atoms in total. The van der Waals surface area contributed by atoms with Crippen molar-refractivity contribution in [2.45, 2.75) is 32.4 Å². The Morgan fingerprint density at radius 1 is 1.07 bits per heavy atom. The molecular weight excluding hydrogens is 352 g/mol. The number of para-hydroxylation sites is 1. The number of methoxy groups -OCH3 is 1. The fourth-order valence-electron chi connectivity index (χ4n) is 4.38. The maximum Gasteiger partial charge on any atom is 0.226 e. The standard InChI is InChI=1S/C23H28N2O3/c1-28-21-8-4-7-20(22(21)26)15-24-12-9-18(10-13-24)23(27)25-14-11-17-5-2-3-6-19(17)16-25/h2-8,18,26H,9-16H2,1H3. The van der Waals surface area contributed by atoms with Crippen molar-refractivity contribution in [3.8, 4) is 11.5 Å². The fraction of sp³-hybridized carbons (Fsp3) is 0.435. The summed E-state index contributed by atoms with van der Waals surface area (Å²) in [5.41, 5.74) is 3.53. The Bertz CT molecular complexity index is 843. The topological polar surface area (TPSA) is 53.0 Å². The van der Waals surface area contributed by atoms with Gasteiger partial charge in [0, 0.05) is 31.1 Å². The van der Waals surface area contributed by atoms with Crippen LogP contribution >= 0.6 is 0 Å². The van der Waals surface area contributed by atoms with Gasteiger partial charge in [0.05, 0.1) is 7.11 Å². The van der Waals surface area contributed by atoms with Crippen molar-refractivity contribution in [1.29, 1.82) is 0 Å². The van der Waals surface area contributed by atoms with E-state index in [2.05, 4.69) is 29.2 Å². The van der Waals surface area contributed by atoms with Crippen molar-refractivity contribution in [3.63, 3.8) is 0 Å². The lowest BCUT2D eigenvalue weighted by Gasteiger charge is -2.36. The molecule has 0 radical (unpaired) electrons. The predicted octanol–water partition coefficient (Wildman–Crippen LogP) is 3.20. The molecule has 1 N–H and O–H groups in total. The summed E-state index contributed by atoms with van der Waals surface area (Å²) in [5.74, 6) is 1.14. The summed E-state index contributed by atoms with van der Waals surface area (Å²) >= 11 is 0. The normalized spacial score (nSPS) is 18.0. The van der Waals surface area contributed by atoms with Crippen LogP contribution in [0.4, 0.5) is 0 Å². The van der Waals surface area contributed by atoms with Crippen LogP contribution in [0.25, 0.3) is 0 Å². The first kappa shape index (κ1) is 18.8. The van der Waals surface area contributed by atoms with Gasteiger partial charge >= 0.3 is 0 Å². The van der Waals surface area contributed by atoms with Gasteiger partial charge in [-0.1, -0.05) is 36.4 Å². The van der Waals surface area contributed by atoms with Crippen LogP contribution < -0.4 is 4.74 Å². The maximum absolute atomic E-state index is 13.0. The van der Waals surface area contributed by atoms with Crippen molar-refractivity contribution < 1.29 is 14.6 Å². The highest BCUT2D eigenvalue weighted by molar-refractivity contribution is 5.79. The first-order valence-corrected chi connectivity index (χ1v) is 10.1. The van der Waals surface area contributed by atoms with Gasteiger partial charge in [0.2, 0.25) is 5.91 Å². The summed E-state index contributed by atoms with van der Waals surface area (Å²) < 4.78 is 5.20. The molecule has 2 aliphatic heterocycles. The number of hydrogen-bond acceptors (Lipinski definition) is 4. The Labute approximate surface area is 166 Å². The molecule has 0 aromatic heterocycles. The van der Waals surface area contributed by atoms with E-state index in [9.17, 15) is 9.90 Å². The van der Waals surface area contributed by atoms with Crippen LogP contribution in [0.15, 0.2) is 42.5 Å². The molecule has 0 aliphatic carbocycles. The van der Waals surface area contributed by atoms with Crippen LogP contribution in [-0.4, -0.2) is 47.6 Å². The number of hydrogen-bond donors (Lipinski definition) is 1. The number of benzene rings is 2. The second-order valence-electron chi connectivity index (χ2n) is 7.80. The highest BCUT2D eigenvalue weighted by atomic mass is 16.5. The lowest BCUT2D eigenvalue weighted by Crippen LogP contribution is -2.44. The van der Waals surface area contributed by atoms with E-state index in [4.69, 9.17) is 4.74 Å². The highest BCUT2D eigenvalue weighted by Crippen LogP contribution is 2.31. The molecule has 2 aromatic rings. The largest absolute Gasteiger partial charge is 0.504 e. The third kappa shape index (κ3) is 3.85. The number of aromatic hydroxyl groups is 1. The minimum atomic E-state index is 0.111. The molecule has 0 spiro atoms. The van der Waals surface area contributed by atoms with Crippen LogP contribution in [0.2, 0.25) is 0 Å². The van der Waals surface area contributed by atoms with Crippen molar-refractivity contribution in [1.82, 2.24) is 9.80 Å². The van der Waals surface area contributed by atoms with Crippen LogP contribution in [0.3, 0.4) is 0 Å². The zero-order chi connectivity index (χ0) is 19.5. The quantitative estimate of drug-likeness (QED) is 0.885. The second-order valence-corrected chi connectivity index (χ2v) is 7.80. The number of ether oxygens (including phenoxy) is 1. The summed E-state index contributed by atoms with van der Waals surface area (Å²) in [7, 11) is 1.56. The molecular formula is C23H28N2O3. The molecule has 2 aromatic carbocycles. The SMILES string of the molecule is COc1cccc(CN2CCC(C(=O)N3CCc4ccccc4C3)CC2)c1O. The zero-order valence-electron chi connectivity index (χ0n) is 16.4. The van der Waals surface area contributed by atoms with Gasteiger partial charge in [-0.15, -0.1) is 0 Å². The monoisotopic (exact) mass is 380 g/mol. The number of piperidine rings is 1. The van der Waals surface area contributed by atoms with E-state index >= 15 is 0 Å². The van der Waals surface area contributed by atoms with Crippen molar-refractivity contribution in [2.75, 3.05) is 26.7 Å².